The van der Waals surface area contributed by atoms with Crippen LogP contribution in [0.1, 0.15) is 16.1 Å². The molecule has 0 spiro atoms. The maximum atomic E-state index is 12.6. The van der Waals surface area contributed by atoms with Gasteiger partial charge in [-0.2, -0.15) is 0 Å². The Morgan fingerprint density at radius 2 is 1.84 bits per heavy atom. The molecule has 2 aromatic carbocycles. The lowest BCUT2D eigenvalue weighted by Gasteiger charge is -2.16. The SMILES string of the molecule is CSc1ccc(CN(C)C(=O)c2csc(-c3ccc(Cl)cc3)n2)cc1. The van der Waals surface area contributed by atoms with Gasteiger partial charge in [-0.25, -0.2) is 4.98 Å². The Morgan fingerprint density at radius 1 is 1.16 bits per heavy atom. The van der Waals surface area contributed by atoms with Gasteiger partial charge in [-0.3, -0.25) is 4.79 Å². The first-order valence-electron chi connectivity index (χ1n) is 7.66. The van der Waals surface area contributed by atoms with E-state index in [0.717, 1.165) is 16.1 Å². The average molecular weight is 389 g/mol. The Labute approximate surface area is 160 Å². The van der Waals surface area contributed by atoms with Crippen molar-refractivity contribution in [1.29, 1.82) is 0 Å². The van der Waals surface area contributed by atoms with Gasteiger partial charge in [0.25, 0.3) is 5.91 Å². The van der Waals surface area contributed by atoms with E-state index in [2.05, 4.69) is 29.2 Å². The number of hydrogen-bond acceptors (Lipinski definition) is 4. The van der Waals surface area contributed by atoms with Crippen LogP contribution in [0.3, 0.4) is 0 Å². The van der Waals surface area contributed by atoms with Gasteiger partial charge in [0.2, 0.25) is 0 Å². The molecule has 0 atom stereocenters. The van der Waals surface area contributed by atoms with Crippen LogP contribution in [-0.2, 0) is 6.54 Å². The number of carbonyl (C=O) groups excluding carboxylic acids is 1. The second-order valence-corrected chi connectivity index (χ2v) is 7.73. The minimum absolute atomic E-state index is 0.0783. The predicted molar refractivity (Wildman–Crippen MR) is 107 cm³/mol. The smallest absolute Gasteiger partial charge is 0.273 e. The first-order valence-corrected chi connectivity index (χ1v) is 10.1. The van der Waals surface area contributed by atoms with Gasteiger partial charge in [-0.05, 0) is 36.1 Å². The number of thioether (sulfide) groups is 1. The van der Waals surface area contributed by atoms with Crippen LogP contribution in [0.4, 0.5) is 0 Å². The standard InChI is InChI=1S/C19H17ClN2OS2/c1-22(11-13-3-9-16(24-2)10-4-13)19(23)17-12-25-18(21-17)14-5-7-15(20)8-6-14/h3-10,12H,11H2,1-2H3. The van der Waals surface area contributed by atoms with Crippen LogP contribution in [-0.4, -0.2) is 29.1 Å². The van der Waals surface area contributed by atoms with Crippen LogP contribution in [0, 0.1) is 0 Å². The molecule has 0 N–H and O–H groups in total. The second-order valence-electron chi connectivity index (χ2n) is 5.55. The van der Waals surface area contributed by atoms with Crippen LogP contribution in [0.25, 0.3) is 10.6 Å². The van der Waals surface area contributed by atoms with Crippen LogP contribution >= 0.6 is 34.7 Å². The molecule has 3 rings (SSSR count). The molecule has 0 saturated heterocycles. The predicted octanol–water partition coefficient (Wildman–Crippen LogP) is 5.46. The van der Waals surface area contributed by atoms with E-state index in [1.165, 1.54) is 16.2 Å². The molecule has 1 heterocycles. The number of halogens is 1. The largest absolute Gasteiger partial charge is 0.336 e. The van der Waals surface area contributed by atoms with Crippen molar-refractivity contribution in [3.8, 4) is 10.6 Å². The normalized spacial score (nSPS) is 10.7. The Kier molecular flexibility index (Phi) is 5.78. The van der Waals surface area contributed by atoms with Gasteiger partial charge in [-0.15, -0.1) is 23.1 Å². The zero-order chi connectivity index (χ0) is 17.8. The molecule has 25 heavy (non-hydrogen) atoms. The summed E-state index contributed by atoms with van der Waals surface area (Å²) in [5, 5.41) is 3.31. The number of aromatic nitrogens is 1. The first-order chi connectivity index (χ1) is 12.1. The van der Waals surface area contributed by atoms with E-state index in [1.54, 1.807) is 29.1 Å². The first kappa shape index (κ1) is 18.0. The summed E-state index contributed by atoms with van der Waals surface area (Å²) in [4.78, 5) is 20.0. The van der Waals surface area contributed by atoms with Crippen LogP contribution in [0.5, 0.6) is 0 Å². The fourth-order valence-corrected chi connectivity index (χ4v) is 3.70. The number of amides is 1. The molecule has 3 nitrogen and oxygen atoms in total. The molecule has 0 aliphatic rings. The monoisotopic (exact) mass is 388 g/mol. The van der Waals surface area contributed by atoms with Gasteiger partial charge in [0.15, 0.2) is 0 Å². The van der Waals surface area contributed by atoms with Gasteiger partial charge in [0.05, 0.1) is 0 Å². The van der Waals surface area contributed by atoms with E-state index in [-0.39, 0.29) is 5.91 Å². The molecule has 6 heteroatoms. The molecular formula is C19H17ClN2OS2. The van der Waals surface area contributed by atoms with E-state index in [9.17, 15) is 4.79 Å². The van der Waals surface area contributed by atoms with Crippen molar-refractivity contribution < 1.29 is 4.79 Å². The van der Waals surface area contributed by atoms with Gasteiger partial charge < -0.3 is 4.90 Å². The molecule has 1 aromatic heterocycles. The quantitative estimate of drug-likeness (QED) is 0.544. The maximum Gasteiger partial charge on any atom is 0.273 e. The van der Waals surface area contributed by atoms with Crippen molar-refractivity contribution in [1.82, 2.24) is 9.88 Å². The van der Waals surface area contributed by atoms with Crippen LogP contribution < -0.4 is 0 Å². The lowest BCUT2D eigenvalue weighted by molar-refractivity contribution is 0.0780. The summed E-state index contributed by atoms with van der Waals surface area (Å²) >= 11 is 9.08. The Hall–Kier alpha value is -1.82. The number of thiazole rings is 1. The molecule has 0 fully saturated rings. The molecule has 0 radical (unpaired) electrons. The van der Waals surface area contributed by atoms with Crippen molar-refractivity contribution in [2.24, 2.45) is 0 Å². The van der Waals surface area contributed by atoms with Crippen LogP contribution in [0.15, 0.2) is 58.8 Å². The average Bonchev–Trinajstić information content (AvgIpc) is 3.12. The molecule has 3 aromatic rings. The number of benzene rings is 2. The van der Waals surface area contributed by atoms with Gasteiger partial charge in [-0.1, -0.05) is 35.9 Å². The summed E-state index contributed by atoms with van der Waals surface area (Å²) in [6, 6.07) is 15.7. The second kappa shape index (κ2) is 8.04. The van der Waals surface area contributed by atoms with E-state index in [0.29, 0.717) is 17.3 Å². The zero-order valence-corrected chi connectivity index (χ0v) is 16.3. The highest BCUT2D eigenvalue weighted by Crippen LogP contribution is 2.25. The topological polar surface area (TPSA) is 33.2 Å². The summed E-state index contributed by atoms with van der Waals surface area (Å²) < 4.78 is 0. The number of rotatable bonds is 5. The van der Waals surface area contributed by atoms with Crippen molar-refractivity contribution in [2.75, 3.05) is 13.3 Å². The molecule has 128 valence electrons. The van der Waals surface area contributed by atoms with Gasteiger partial charge >= 0.3 is 0 Å². The van der Waals surface area contributed by atoms with Crippen LogP contribution in [0.2, 0.25) is 5.02 Å². The zero-order valence-electron chi connectivity index (χ0n) is 13.9. The Bertz CT molecular complexity index is 860. The van der Waals surface area contributed by atoms with E-state index in [1.807, 2.05) is 30.5 Å². The number of carbonyl (C=O) groups is 1. The molecular weight excluding hydrogens is 372 g/mol. The third kappa shape index (κ3) is 4.42. The number of nitrogens with zero attached hydrogens (tertiary/aromatic N) is 2. The maximum absolute atomic E-state index is 12.6. The highest BCUT2D eigenvalue weighted by Gasteiger charge is 2.16. The van der Waals surface area contributed by atoms with Gasteiger partial charge in [0, 0.05) is 34.5 Å². The van der Waals surface area contributed by atoms with Crippen molar-refractivity contribution in [3.05, 3.63) is 70.2 Å². The van der Waals surface area contributed by atoms with E-state index >= 15 is 0 Å². The minimum Gasteiger partial charge on any atom is -0.336 e. The summed E-state index contributed by atoms with van der Waals surface area (Å²) in [6.45, 7) is 0.557. The summed E-state index contributed by atoms with van der Waals surface area (Å²) in [5.41, 5.74) is 2.53. The highest BCUT2D eigenvalue weighted by atomic mass is 35.5. The van der Waals surface area contributed by atoms with E-state index in [4.69, 9.17) is 11.6 Å². The molecule has 0 aliphatic carbocycles. The summed E-state index contributed by atoms with van der Waals surface area (Å²) in [6.07, 6.45) is 2.05. The summed E-state index contributed by atoms with van der Waals surface area (Å²) in [7, 11) is 1.80. The lowest BCUT2D eigenvalue weighted by Crippen LogP contribution is -2.26. The third-order valence-electron chi connectivity index (χ3n) is 3.74. The Morgan fingerprint density at radius 3 is 2.48 bits per heavy atom. The van der Waals surface area contributed by atoms with E-state index < -0.39 is 0 Å². The van der Waals surface area contributed by atoms with Crippen molar-refractivity contribution in [3.63, 3.8) is 0 Å². The molecule has 0 bridgehead atoms. The highest BCUT2D eigenvalue weighted by molar-refractivity contribution is 7.98. The minimum atomic E-state index is -0.0783. The molecule has 0 aliphatic heterocycles. The summed E-state index contributed by atoms with van der Waals surface area (Å²) in [5.74, 6) is -0.0783. The fourth-order valence-electron chi connectivity index (χ4n) is 2.37. The lowest BCUT2D eigenvalue weighted by atomic mass is 10.2. The Balaban J connectivity index is 1.70. The third-order valence-corrected chi connectivity index (χ3v) is 5.63. The molecule has 0 unspecified atom stereocenters. The fraction of sp³-hybridized carbons (Fsp3) is 0.158. The van der Waals surface area contributed by atoms with Gasteiger partial charge in [0.1, 0.15) is 10.7 Å². The molecule has 1 amide bonds. The van der Waals surface area contributed by atoms with Crippen molar-refractivity contribution >= 4 is 40.6 Å². The van der Waals surface area contributed by atoms with Crippen molar-refractivity contribution in [2.45, 2.75) is 11.4 Å². The number of hydrogen-bond donors (Lipinski definition) is 0. The molecule has 0 saturated carbocycles.